The summed E-state index contributed by atoms with van der Waals surface area (Å²) in [4.78, 5) is 11.6. The summed E-state index contributed by atoms with van der Waals surface area (Å²) >= 11 is 4.92. The predicted molar refractivity (Wildman–Crippen MR) is 74.3 cm³/mol. The molecule has 0 spiro atoms. The van der Waals surface area contributed by atoms with Gasteiger partial charge in [-0.3, -0.25) is 15.6 Å². The van der Waals surface area contributed by atoms with Gasteiger partial charge < -0.3 is 10.1 Å². The van der Waals surface area contributed by atoms with E-state index in [1.165, 1.54) is 0 Å². The van der Waals surface area contributed by atoms with Crippen LogP contribution in [0.4, 0.5) is 0 Å². The fraction of sp³-hybridized carbons (Fsp3) is 0.333. The van der Waals surface area contributed by atoms with Gasteiger partial charge in [-0.25, -0.2) is 0 Å². The third kappa shape index (κ3) is 5.01. The molecule has 0 atom stereocenters. The first-order valence-corrected chi connectivity index (χ1v) is 6.02. The van der Waals surface area contributed by atoms with Crippen LogP contribution >= 0.6 is 12.2 Å². The Morgan fingerprint density at radius 2 is 1.94 bits per heavy atom. The Kier molecular flexibility index (Phi) is 5.93. The molecule has 6 heteroatoms. The topological polar surface area (TPSA) is 62.4 Å². The van der Waals surface area contributed by atoms with Crippen molar-refractivity contribution >= 4 is 23.2 Å². The molecule has 18 heavy (non-hydrogen) atoms. The summed E-state index contributed by atoms with van der Waals surface area (Å²) in [6.07, 6.45) is 0.283. The van der Waals surface area contributed by atoms with Gasteiger partial charge in [0.1, 0.15) is 5.75 Å². The Balaban J connectivity index is 2.37. The third-order valence-electron chi connectivity index (χ3n) is 2.18. The quantitative estimate of drug-likeness (QED) is 0.555. The van der Waals surface area contributed by atoms with Gasteiger partial charge in [0.2, 0.25) is 5.91 Å². The molecule has 0 heterocycles. The van der Waals surface area contributed by atoms with Crippen LogP contribution in [0.3, 0.4) is 0 Å². The van der Waals surface area contributed by atoms with E-state index in [1.807, 2.05) is 31.2 Å². The van der Waals surface area contributed by atoms with Crippen LogP contribution in [0.15, 0.2) is 24.3 Å². The molecule has 1 amide bonds. The van der Waals surface area contributed by atoms with E-state index in [0.717, 1.165) is 11.3 Å². The highest BCUT2D eigenvalue weighted by Crippen LogP contribution is 2.11. The van der Waals surface area contributed by atoms with E-state index < -0.39 is 0 Å². The lowest BCUT2D eigenvalue weighted by molar-refractivity contribution is -0.121. The smallest absolute Gasteiger partial charge is 0.242 e. The van der Waals surface area contributed by atoms with Crippen molar-refractivity contribution < 1.29 is 9.53 Å². The Morgan fingerprint density at radius 1 is 1.28 bits per heavy atom. The molecule has 0 radical (unpaired) electrons. The minimum Gasteiger partial charge on any atom is -0.497 e. The number of hydrazine groups is 1. The van der Waals surface area contributed by atoms with Crippen LogP contribution in [-0.4, -0.2) is 24.7 Å². The van der Waals surface area contributed by atoms with Crippen molar-refractivity contribution in [1.29, 1.82) is 0 Å². The summed E-state index contributed by atoms with van der Waals surface area (Å²) in [5.74, 6) is 0.617. The molecule has 0 aromatic heterocycles. The molecule has 1 aromatic carbocycles. The summed E-state index contributed by atoms with van der Waals surface area (Å²) < 4.78 is 5.04. The monoisotopic (exact) mass is 267 g/mol. The number of carbonyl (C=O) groups is 1. The second-order valence-corrected chi connectivity index (χ2v) is 3.97. The molecule has 1 rings (SSSR count). The molecule has 5 nitrogen and oxygen atoms in total. The molecule has 0 aliphatic carbocycles. The van der Waals surface area contributed by atoms with Crippen molar-refractivity contribution in [3.05, 3.63) is 29.8 Å². The number of hydrogen-bond donors (Lipinski definition) is 3. The number of amides is 1. The minimum atomic E-state index is -0.152. The fourth-order valence-corrected chi connectivity index (χ4v) is 1.50. The van der Waals surface area contributed by atoms with Crippen LogP contribution in [0.25, 0.3) is 0 Å². The summed E-state index contributed by atoms with van der Waals surface area (Å²) in [6, 6.07) is 7.33. The summed E-state index contributed by atoms with van der Waals surface area (Å²) in [5.41, 5.74) is 6.05. The third-order valence-corrected chi connectivity index (χ3v) is 2.42. The highest BCUT2D eigenvalue weighted by Gasteiger charge is 2.03. The van der Waals surface area contributed by atoms with E-state index in [4.69, 9.17) is 17.0 Å². The number of carbonyl (C=O) groups excluding carboxylic acids is 1. The standard InChI is InChI=1S/C12H17N3O2S/c1-3-13-12(18)15-14-11(16)8-9-4-6-10(17-2)7-5-9/h4-7H,3,8H2,1-2H3,(H,14,16)(H2,13,15,18). The van der Waals surface area contributed by atoms with Crippen molar-refractivity contribution in [1.82, 2.24) is 16.2 Å². The number of thiocarbonyl (C=S) groups is 1. The molecule has 0 saturated heterocycles. The zero-order valence-corrected chi connectivity index (χ0v) is 11.3. The Morgan fingerprint density at radius 3 is 2.50 bits per heavy atom. The molecular weight excluding hydrogens is 250 g/mol. The van der Waals surface area contributed by atoms with E-state index in [2.05, 4.69) is 16.2 Å². The second-order valence-electron chi connectivity index (χ2n) is 3.56. The maximum atomic E-state index is 11.6. The number of methoxy groups -OCH3 is 1. The van der Waals surface area contributed by atoms with Crippen LogP contribution in [0.1, 0.15) is 12.5 Å². The highest BCUT2D eigenvalue weighted by molar-refractivity contribution is 7.80. The Labute approximate surface area is 112 Å². The lowest BCUT2D eigenvalue weighted by Crippen LogP contribution is -2.47. The number of hydrogen-bond acceptors (Lipinski definition) is 3. The molecule has 0 fully saturated rings. The van der Waals surface area contributed by atoms with E-state index in [1.54, 1.807) is 7.11 Å². The van der Waals surface area contributed by atoms with E-state index in [0.29, 0.717) is 11.7 Å². The average molecular weight is 267 g/mol. The number of ether oxygens (including phenoxy) is 1. The van der Waals surface area contributed by atoms with Gasteiger partial charge in [0.05, 0.1) is 13.5 Å². The van der Waals surface area contributed by atoms with Crippen LogP contribution in [0.2, 0.25) is 0 Å². The van der Waals surface area contributed by atoms with Crippen LogP contribution < -0.4 is 20.9 Å². The summed E-state index contributed by atoms with van der Waals surface area (Å²) in [7, 11) is 1.60. The molecule has 0 bridgehead atoms. The first kappa shape index (κ1) is 14.2. The van der Waals surface area contributed by atoms with Gasteiger partial charge in [-0.05, 0) is 36.8 Å². The van der Waals surface area contributed by atoms with Crippen molar-refractivity contribution in [2.24, 2.45) is 0 Å². The van der Waals surface area contributed by atoms with Gasteiger partial charge in [0.15, 0.2) is 5.11 Å². The fourth-order valence-electron chi connectivity index (χ4n) is 1.30. The summed E-state index contributed by atoms with van der Waals surface area (Å²) in [5, 5.41) is 3.27. The van der Waals surface area contributed by atoms with Gasteiger partial charge in [-0.2, -0.15) is 0 Å². The molecule has 0 aliphatic rings. The molecule has 1 aromatic rings. The Bertz CT molecular complexity index is 406. The SMILES string of the molecule is CCNC(=S)NNC(=O)Cc1ccc(OC)cc1. The van der Waals surface area contributed by atoms with Crippen molar-refractivity contribution in [3.8, 4) is 5.75 Å². The van der Waals surface area contributed by atoms with E-state index in [-0.39, 0.29) is 12.3 Å². The van der Waals surface area contributed by atoms with Crippen LogP contribution in [0.5, 0.6) is 5.75 Å². The zero-order valence-electron chi connectivity index (χ0n) is 10.4. The van der Waals surface area contributed by atoms with Gasteiger partial charge in [0.25, 0.3) is 0 Å². The van der Waals surface area contributed by atoms with Gasteiger partial charge in [-0.1, -0.05) is 12.1 Å². The van der Waals surface area contributed by atoms with E-state index in [9.17, 15) is 4.79 Å². The normalized spacial score (nSPS) is 9.44. The Hall–Kier alpha value is -1.82. The maximum absolute atomic E-state index is 11.6. The minimum absolute atomic E-state index is 0.152. The first-order chi connectivity index (χ1) is 8.65. The number of nitrogens with one attached hydrogen (secondary N) is 3. The second kappa shape index (κ2) is 7.50. The molecule has 98 valence electrons. The van der Waals surface area contributed by atoms with E-state index >= 15 is 0 Å². The van der Waals surface area contributed by atoms with Gasteiger partial charge in [0, 0.05) is 6.54 Å². The van der Waals surface area contributed by atoms with Crippen molar-refractivity contribution in [3.63, 3.8) is 0 Å². The number of benzene rings is 1. The summed E-state index contributed by atoms with van der Waals surface area (Å²) in [6.45, 7) is 2.63. The van der Waals surface area contributed by atoms with Gasteiger partial charge >= 0.3 is 0 Å². The predicted octanol–water partition coefficient (Wildman–Crippen LogP) is 0.753. The highest BCUT2D eigenvalue weighted by atomic mass is 32.1. The number of rotatable bonds is 4. The molecular formula is C12H17N3O2S. The largest absolute Gasteiger partial charge is 0.497 e. The molecule has 0 aliphatic heterocycles. The molecule has 0 saturated carbocycles. The lowest BCUT2D eigenvalue weighted by Gasteiger charge is -2.10. The maximum Gasteiger partial charge on any atom is 0.242 e. The van der Waals surface area contributed by atoms with Crippen LogP contribution in [0, 0.1) is 0 Å². The lowest BCUT2D eigenvalue weighted by atomic mass is 10.1. The van der Waals surface area contributed by atoms with Gasteiger partial charge in [-0.15, -0.1) is 0 Å². The zero-order chi connectivity index (χ0) is 13.4. The molecule has 0 unspecified atom stereocenters. The van der Waals surface area contributed by atoms with Crippen molar-refractivity contribution in [2.75, 3.05) is 13.7 Å². The molecule has 3 N–H and O–H groups in total. The first-order valence-electron chi connectivity index (χ1n) is 5.61. The van der Waals surface area contributed by atoms with Crippen molar-refractivity contribution in [2.45, 2.75) is 13.3 Å². The van der Waals surface area contributed by atoms with Crippen LogP contribution in [-0.2, 0) is 11.2 Å². The average Bonchev–Trinajstić information content (AvgIpc) is 2.38.